The molecule has 2 rings (SSSR count). The van der Waals surface area contributed by atoms with Crippen LogP contribution in [-0.2, 0) is 21.2 Å². The standard InChI is InChI=1S/C19H21F3N2O3S/c1-12(2)11-23-28(26,27)14-6-3-13(4-7-14)5-10-17(25)24-16-9-8-15(20)18(21)19(16)22/h3-4,6-9,12,23H,5,10-11H2,1-2H3,(H,24,25). The number of anilines is 1. The van der Waals surface area contributed by atoms with E-state index in [9.17, 15) is 26.4 Å². The fourth-order valence-electron chi connectivity index (χ4n) is 2.29. The molecule has 28 heavy (non-hydrogen) atoms. The van der Waals surface area contributed by atoms with E-state index in [-0.39, 0.29) is 23.7 Å². The Morgan fingerprint density at radius 2 is 1.64 bits per heavy atom. The fraction of sp³-hybridized carbons (Fsp3) is 0.316. The monoisotopic (exact) mass is 414 g/mol. The van der Waals surface area contributed by atoms with E-state index >= 15 is 0 Å². The topological polar surface area (TPSA) is 75.3 Å². The quantitative estimate of drug-likeness (QED) is 0.648. The molecule has 0 saturated heterocycles. The first-order valence-corrected chi connectivity index (χ1v) is 10.1. The van der Waals surface area contributed by atoms with Gasteiger partial charge in [0, 0.05) is 13.0 Å². The van der Waals surface area contributed by atoms with Crippen LogP contribution in [0.1, 0.15) is 25.8 Å². The molecule has 152 valence electrons. The summed E-state index contributed by atoms with van der Waals surface area (Å²) in [6, 6.07) is 7.69. The average Bonchev–Trinajstić information content (AvgIpc) is 2.66. The summed E-state index contributed by atoms with van der Waals surface area (Å²) in [5.41, 5.74) is 0.255. The molecule has 0 aliphatic carbocycles. The molecule has 0 aromatic heterocycles. The van der Waals surface area contributed by atoms with Crippen LogP contribution < -0.4 is 10.0 Å². The minimum atomic E-state index is -3.59. The molecule has 2 N–H and O–H groups in total. The van der Waals surface area contributed by atoms with Crippen LogP contribution >= 0.6 is 0 Å². The van der Waals surface area contributed by atoms with Crippen molar-refractivity contribution in [3.05, 3.63) is 59.4 Å². The third kappa shape index (κ3) is 5.80. The number of rotatable bonds is 8. The molecule has 0 radical (unpaired) electrons. The SMILES string of the molecule is CC(C)CNS(=O)(=O)c1ccc(CCC(=O)Nc2ccc(F)c(F)c2F)cc1. The second-order valence-corrected chi connectivity index (χ2v) is 8.43. The van der Waals surface area contributed by atoms with Crippen LogP contribution in [0.2, 0.25) is 0 Å². The summed E-state index contributed by atoms with van der Waals surface area (Å²) in [4.78, 5) is 12.0. The van der Waals surface area contributed by atoms with Crippen LogP contribution in [-0.4, -0.2) is 20.9 Å². The Labute approximate surface area is 162 Å². The van der Waals surface area contributed by atoms with Crippen molar-refractivity contribution in [2.45, 2.75) is 31.6 Å². The predicted octanol–water partition coefficient (Wildman–Crippen LogP) is 3.61. The van der Waals surface area contributed by atoms with Crippen molar-refractivity contribution in [2.75, 3.05) is 11.9 Å². The van der Waals surface area contributed by atoms with Gasteiger partial charge in [-0.2, -0.15) is 0 Å². The van der Waals surface area contributed by atoms with Crippen LogP contribution in [0, 0.1) is 23.4 Å². The van der Waals surface area contributed by atoms with Crippen molar-refractivity contribution in [3.63, 3.8) is 0 Å². The first kappa shape index (κ1) is 21.9. The first-order chi connectivity index (χ1) is 13.1. The van der Waals surface area contributed by atoms with Crippen molar-refractivity contribution in [1.82, 2.24) is 4.72 Å². The summed E-state index contributed by atoms with van der Waals surface area (Å²) in [5.74, 6) is -4.86. The number of carbonyl (C=O) groups excluding carboxylic acids is 1. The Balaban J connectivity index is 1.94. The summed E-state index contributed by atoms with van der Waals surface area (Å²) < 4.78 is 66.4. The zero-order valence-electron chi connectivity index (χ0n) is 15.4. The summed E-state index contributed by atoms with van der Waals surface area (Å²) in [5, 5.41) is 2.18. The normalized spacial score (nSPS) is 11.6. The average molecular weight is 414 g/mol. The van der Waals surface area contributed by atoms with E-state index in [1.54, 1.807) is 12.1 Å². The number of halogens is 3. The number of sulfonamides is 1. The number of amides is 1. The van der Waals surface area contributed by atoms with Crippen molar-refractivity contribution < 1.29 is 26.4 Å². The molecule has 5 nitrogen and oxygen atoms in total. The van der Waals surface area contributed by atoms with Crippen LogP contribution in [0.15, 0.2) is 41.3 Å². The molecule has 0 unspecified atom stereocenters. The molecule has 0 aliphatic heterocycles. The minimum absolute atomic E-state index is 0.0455. The highest BCUT2D eigenvalue weighted by Gasteiger charge is 2.16. The molecular formula is C19H21F3N2O3S. The van der Waals surface area contributed by atoms with E-state index in [0.29, 0.717) is 12.1 Å². The second-order valence-electron chi connectivity index (χ2n) is 6.66. The molecule has 0 aliphatic rings. The molecule has 0 bridgehead atoms. The number of nitrogens with one attached hydrogen (secondary N) is 2. The van der Waals surface area contributed by atoms with Gasteiger partial charge in [0.15, 0.2) is 17.5 Å². The lowest BCUT2D eigenvalue weighted by Crippen LogP contribution is -2.27. The minimum Gasteiger partial charge on any atom is -0.323 e. The Morgan fingerprint density at radius 1 is 1.00 bits per heavy atom. The van der Waals surface area contributed by atoms with Crippen molar-refractivity contribution >= 4 is 21.6 Å². The van der Waals surface area contributed by atoms with Gasteiger partial charge < -0.3 is 5.32 Å². The maximum absolute atomic E-state index is 13.6. The van der Waals surface area contributed by atoms with Crippen LogP contribution in [0.25, 0.3) is 0 Å². The number of hydrogen-bond donors (Lipinski definition) is 2. The van der Waals surface area contributed by atoms with Gasteiger partial charge in [-0.1, -0.05) is 26.0 Å². The molecular weight excluding hydrogens is 393 g/mol. The lowest BCUT2D eigenvalue weighted by Gasteiger charge is -2.10. The lowest BCUT2D eigenvalue weighted by molar-refractivity contribution is -0.116. The molecule has 0 fully saturated rings. The number of carbonyl (C=O) groups is 1. The third-order valence-corrected chi connectivity index (χ3v) is 5.30. The van der Waals surface area contributed by atoms with Gasteiger partial charge in [-0.05, 0) is 42.2 Å². The zero-order valence-corrected chi connectivity index (χ0v) is 16.2. The summed E-state index contributed by atoms with van der Waals surface area (Å²) in [6.07, 6.45) is 0.215. The molecule has 0 spiro atoms. The first-order valence-electron chi connectivity index (χ1n) is 8.62. The van der Waals surface area contributed by atoms with Crippen LogP contribution in [0.3, 0.4) is 0 Å². The van der Waals surface area contributed by atoms with Crippen molar-refractivity contribution in [1.29, 1.82) is 0 Å². The highest BCUT2D eigenvalue weighted by Crippen LogP contribution is 2.20. The maximum atomic E-state index is 13.6. The van der Waals surface area contributed by atoms with Gasteiger partial charge in [-0.15, -0.1) is 0 Å². The molecule has 9 heteroatoms. The maximum Gasteiger partial charge on any atom is 0.240 e. The Bertz CT molecular complexity index is 946. The van der Waals surface area contributed by atoms with E-state index < -0.39 is 39.1 Å². The van der Waals surface area contributed by atoms with Crippen molar-refractivity contribution in [3.8, 4) is 0 Å². The molecule has 2 aromatic carbocycles. The molecule has 1 amide bonds. The van der Waals surface area contributed by atoms with E-state index in [1.807, 2.05) is 13.8 Å². The van der Waals surface area contributed by atoms with E-state index in [4.69, 9.17) is 0 Å². The molecule has 0 atom stereocenters. The van der Waals surface area contributed by atoms with Crippen molar-refractivity contribution in [2.24, 2.45) is 5.92 Å². The van der Waals surface area contributed by atoms with Gasteiger partial charge >= 0.3 is 0 Å². The Morgan fingerprint density at radius 3 is 2.25 bits per heavy atom. The van der Waals surface area contributed by atoms with E-state index in [1.165, 1.54) is 12.1 Å². The molecule has 0 heterocycles. The van der Waals surface area contributed by atoms with Crippen LogP contribution in [0.4, 0.5) is 18.9 Å². The second kappa shape index (κ2) is 9.20. The van der Waals surface area contributed by atoms with E-state index in [2.05, 4.69) is 10.0 Å². The van der Waals surface area contributed by atoms with Gasteiger partial charge in [-0.25, -0.2) is 26.3 Å². The van der Waals surface area contributed by atoms with Gasteiger partial charge in [0.2, 0.25) is 15.9 Å². The molecule has 0 saturated carbocycles. The Kier molecular flexibility index (Phi) is 7.20. The summed E-state index contributed by atoms with van der Waals surface area (Å²) in [6.45, 7) is 4.11. The lowest BCUT2D eigenvalue weighted by atomic mass is 10.1. The van der Waals surface area contributed by atoms with Crippen LogP contribution in [0.5, 0.6) is 0 Å². The van der Waals surface area contributed by atoms with Gasteiger partial charge in [0.25, 0.3) is 0 Å². The number of aryl methyl sites for hydroxylation is 1. The van der Waals surface area contributed by atoms with Gasteiger partial charge in [-0.3, -0.25) is 4.79 Å². The summed E-state index contributed by atoms with van der Waals surface area (Å²) >= 11 is 0. The zero-order chi connectivity index (χ0) is 20.9. The fourth-order valence-corrected chi connectivity index (χ4v) is 3.50. The van der Waals surface area contributed by atoms with Gasteiger partial charge in [0.1, 0.15) is 0 Å². The van der Waals surface area contributed by atoms with E-state index in [0.717, 1.165) is 12.1 Å². The molecule has 2 aromatic rings. The number of hydrogen-bond acceptors (Lipinski definition) is 3. The van der Waals surface area contributed by atoms with Gasteiger partial charge in [0.05, 0.1) is 10.6 Å². The largest absolute Gasteiger partial charge is 0.323 e. The summed E-state index contributed by atoms with van der Waals surface area (Å²) in [7, 11) is -3.59. The smallest absolute Gasteiger partial charge is 0.240 e. The number of benzene rings is 2. The Hall–Kier alpha value is -2.39. The highest BCUT2D eigenvalue weighted by molar-refractivity contribution is 7.89. The predicted molar refractivity (Wildman–Crippen MR) is 99.7 cm³/mol. The highest BCUT2D eigenvalue weighted by atomic mass is 32.2. The third-order valence-electron chi connectivity index (χ3n) is 3.87.